The fourth-order valence-electron chi connectivity index (χ4n) is 3.14. The first-order valence-corrected chi connectivity index (χ1v) is 10.5. The van der Waals surface area contributed by atoms with Crippen LogP contribution >= 0.6 is 11.6 Å². The second kappa shape index (κ2) is 8.44. The van der Waals surface area contributed by atoms with Crippen molar-refractivity contribution in [1.29, 1.82) is 0 Å². The number of likely N-dealkylation sites (tertiary alicyclic amines) is 1. The summed E-state index contributed by atoms with van der Waals surface area (Å²) in [6.07, 6.45) is 1.05. The summed E-state index contributed by atoms with van der Waals surface area (Å²) in [5, 5.41) is 10.8. The summed E-state index contributed by atoms with van der Waals surface area (Å²) in [5.74, 6) is -1.11. The van der Waals surface area contributed by atoms with Crippen LogP contribution in [0.15, 0.2) is 47.4 Å². The molecule has 1 saturated heterocycles. The molecule has 0 saturated carbocycles. The lowest BCUT2D eigenvalue weighted by molar-refractivity contribution is -0.384. The average Bonchev–Trinajstić information content (AvgIpc) is 2.67. The Morgan fingerprint density at radius 1 is 1.28 bits per heavy atom. The minimum absolute atomic E-state index is 0.0494. The van der Waals surface area contributed by atoms with E-state index in [-0.39, 0.29) is 27.7 Å². The SMILES string of the molecule is O=C(c1ccc([N+](=O)[O-])cc1Cl)N1CCCC(NS(=O)(=O)c2cccc(F)c2)C1. The first kappa shape index (κ1) is 21.2. The maximum absolute atomic E-state index is 13.3. The molecule has 1 fully saturated rings. The van der Waals surface area contributed by atoms with E-state index in [4.69, 9.17) is 11.6 Å². The number of nitrogens with zero attached hydrogens (tertiary/aromatic N) is 2. The van der Waals surface area contributed by atoms with Gasteiger partial charge in [-0.2, -0.15) is 0 Å². The second-order valence-corrected chi connectivity index (χ2v) is 8.71. The number of amides is 1. The molecule has 0 aliphatic carbocycles. The predicted octanol–water partition coefficient (Wildman–Crippen LogP) is 2.97. The molecule has 1 aliphatic rings. The van der Waals surface area contributed by atoms with Gasteiger partial charge in [-0.3, -0.25) is 14.9 Å². The molecule has 154 valence electrons. The van der Waals surface area contributed by atoms with E-state index in [2.05, 4.69) is 4.72 Å². The van der Waals surface area contributed by atoms with E-state index in [1.807, 2.05) is 0 Å². The van der Waals surface area contributed by atoms with Crippen LogP contribution in [-0.4, -0.2) is 43.3 Å². The van der Waals surface area contributed by atoms with Gasteiger partial charge in [-0.1, -0.05) is 17.7 Å². The molecule has 2 aromatic carbocycles. The summed E-state index contributed by atoms with van der Waals surface area (Å²) in [6.45, 7) is 0.491. The number of non-ortho nitro benzene ring substituents is 1. The van der Waals surface area contributed by atoms with E-state index >= 15 is 0 Å². The van der Waals surface area contributed by atoms with Gasteiger partial charge in [-0.15, -0.1) is 0 Å². The van der Waals surface area contributed by atoms with Crippen molar-refractivity contribution in [3.8, 4) is 0 Å². The Morgan fingerprint density at radius 2 is 2.03 bits per heavy atom. The lowest BCUT2D eigenvalue weighted by Gasteiger charge is -2.33. The summed E-state index contributed by atoms with van der Waals surface area (Å²) in [5.41, 5.74) is -0.128. The normalized spacial score (nSPS) is 17.2. The van der Waals surface area contributed by atoms with Gasteiger partial charge in [0.15, 0.2) is 0 Å². The highest BCUT2D eigenvalue weighted by Crippen LogP contribution is 2.25. The highest BCUT2D eigenvalue weighted by Gasteiger charge is 2.29. The van der Waals surface area contributed by atoms with Crippen molar-refractivity contribution in [2.45, 2.75) is 23.8 Å². The lowest BCUT2D eigenvalue weighted by Crippen LogP contribution is -2.49. The zero-order valence-electron chi connectivity index (χ0n) is 15.0. The molecule has 3 rings (SSSR count). The molecule has 1 atom stereocenters. The van der Waals surface area contributed by atoms with Crippen LogP contribution < -0.4 is 4.72 Å². The summed E-state index contributed by atoms with van der Waals surface area (Å²) < 4.78 is 40.8. The number of nitrogens with one attached hydrogen (secondary N) is 1. The van der Waals surface area contributed by atoms with Crippen molar-refractivity contribution in [3.05, 3.63) is 69.0 Å². The third-order valence-corrected chi connectivity index (χ3v) is 6.36. The number of carbonyl (C=O) groups is 1. The number of sulfonamides is 1. The zero-order valence-corrected chi connectivity index (χ0v) is 16.6. The molecular formula is C18H17ClFN3O5S. The third-order valence-electron chi connectivity index (χ3n) is 4.53. The van der Waals surface area contributed by atoms with E-state index < -0.39 is 32.7 Å². The number of piperidine rings is 1. The number of hydrogen-bond acceptors (Lipinski definition) is 5. The molecular weight excluding hydrogens is 425 g/mol. The van der Waals surface area contributed by atoms with Crippen molar-refractivity contribution in [2.24, 2.45) is 0 Å². The predicted molar refractivity (Wildman–Crippen MR) is 104 cm³/mol. The summed E-state index contributed by atoms with van der Waals surface area (Å²) in [4.78, 5) is 24.2. The Labute approximate surface area is 171 Å². The monoisotopic (exact) mass is 441 g/mol. The van der Waals surface area contributed by atoms with Gasteiger partial charge in [0, 0.05) is 31.3 Å². The van der Waals surface area contributed by atoms with Crippen molar-refractivity contribution in [2.75, 3.05) is 13.1 Å². The van der Waals surface area contributed by atoms with Crippen molar-refractivity contribution >= 4 is 33.2 Å². The van der Waals surface area contributed by atoms with Crippen molar-refractivity contribution in [3.63, 3.8) is 0 Å². The van der Waals surface area contributed by atoms with Gasteiger partial charge in [0.1, 0.15) is 5.82 Å². The third kappa shape index (κ3) is 4.89. The Morgan fingerprint density at radius 3 is 2.69 bits per heavy atom. The molecule has 1 heterocycles. The van der Waals surface area contributed by atoms with Gasteiger partial charge in [-0.05, 0) is 37.1 Å². The van der Waals surface area contributed by atoms with Gasteiger partial charge >= 0.3 is 0 Å². The van der Waals surface area contributed by atoms with Crippen LogP contribution in [0.3, 0.4) is 0 Å². The molecule has 29 heavy (non-hydrogen) atoms. The Kier molecular flexibility index (Phi) is 6.15. The molecule has 2 aromatic rings. The van der Waals surface area contributed by atoms with Crippen LogP contribution in [-0.2, 0) is 10.0 Å². The number of hydrogen-bond donors (Lipinski definition) is 1. The first-order chi connectivity index (χ1) is 13.7. The Bertz CT molecular complexity index is 1060. The fraction of sp³-hybridized carbons (Fsp3) is 0.278. The van der Waals surface area contributed by atoms with E-state index in [0.29, 0.717) is 19.4 Å². The average molecular weight is 442 g/mol. The van der Waals surface area contributed by atoms with Gasteiger partial charge in [0.05, 0.1) is 20.4 Å². The van der Waals surface area contributed by atoms with Crippen molar-refractivity contribution in [1.82, 2.24) is 9.62 Å². The van der Waals surface area contributed by atoms with Crippen LogP contribution in [0.25, 0.3) is 0 Å². The number of rotatable bonds is 5. The molecule has 0 spiro atoms. The first-order valence-electron chi connectivity index (χ1n) is 8.68. The van der Waals surface area contributed by atoms with Gasteiger partial charge in [0.25, 0.3) is 11.6 Å². The summed E-state index contributed by atoms with van der Waals surface area (Å²) in [6, 6.07) is 7.67. The largest absolute Gasteiger partial charge is 0.337 e. The molecule has 1 amide bonds. The zero-order chi connectivity index (χ0) is 21.2. The van der Waals surface area contributed by atoms with E-state index in [1.54, 1.807) is 0 Å². The Balaban J connectivity index is 1.74. The number of halogens is 2. The van der Waals surface area contributed by atoms with Crippen LogP contribution in [0, 0.1) is 15.9 Å². The minimum atomic E-state index is -3.95. The van der Waals surface area contributed by atoms with E-state index in [9.17, 15) is 27.7 Å². The maximum Gasteiger partial charge on any atom is 0.270 e. The fourth-order valence-corrected chi connectivity index (χ4v) is 4.69. The molecule has 0 aromatic heterocycles. The standard InChI is InChI=1S/C18H17ClFN3O5S/c19-17-10-14(23(25)26)6-7-16(17)18(24)22-8-2-4-13(11-22)21-29(27,28)15-5-1-3-12(20)9-15/h1,3,5-7,9-10,13,21H,2,4,8,11H2. The molecule has 1 N–H and O–H groups in total. The second-order valence-electron chi connectivity index (χ2n) is 6.59. The Hall–Kier alpha value is -2.56. The molecule has 11 heteroatoms. The number of benzene rings is 2. The molecule has 8 nitrogen and oxygen atoms in total. The smallest absolute Gasteiger partial charge is 0.270 e. The summed E-state index contributed by atoms with van der Waals surface area (Å²) >= 11 is 6.03. The molecule has 0 radical (unpaired) electrons. The number of carbonyl (C=O) groups excluding carboxylic acids is 1. The quantitative estimate of drug-likeness (QED) is 0.566. The van der Waals surface area contributed by atoms with Crippen LogP contribution in [0.5, 0.6) is 0 Å². The molecule has 1 unspecified atom stereocenters. The van der Waals surface area contributed by atoms with Crippen LogP contribution in [0.4, 0.5) is 10.1 Å². The van der Waals surface area contributed by atoms with Gasteiger partial charge in [0.2, 0.25) is 10.0 Å². The van der Waals surface area contributed by atoms with Crippen LogP contribution in [0.2, 0.25) is 5.02 Å². The molecule has 1 aliphatic heterocycles. The van der Waals surface area contributed by atoms with Crippen LogP contribution in [0.1, 0.15) is 23.2 Å². The highest BCUT2D eigenvalue weighted by atomic mass is 35.5. The van der Waals surface area contributed by atoms with Crippen molar-refractivity contribution < 1.29 is 22.5 Å². The topological polar surface area (TPSA) is 110 Å². The van der Waals surface area contributed by atoms with E-state index in [1.165, 1.54) is 29.2 Å². The highest BCUT2D eigenvalue weighted by molar-refractivity contribution is 7.89. The summed E-state index contributed by atoms with van der Waals surface area (Å²) in [7, 11) is -3.95. The minimum Gasteiger partial charge on any atom is -0.337 e. The van der Waals surface area contributed by atoms with Gasteiger partial charge in [-0.25, -0.2) is 17.5 Å². The maximum atomic E-state index is 13.3. The number of nitro groups is 1. The number of nitro benzene ring substituents is 1. The van der Waals surface area contributed by atoms with E-state index in [0.717, 1.165) is 18.2 Å². The molecule has 0 bridgehead atoms. The van der Waals surface area contributed by atoms with Gasteiger partial charge < -0.3 is 4.90 Å². The lowest BCUT2D eigenvalue weighted by atomic mass is 10.1.